The zero-order chi connectivity index (χ0) is 26.5. The average Bonchev–Trinajstić information content (AvgIpc) is 2.77. The van der Waals surface area contributed by atoms with Gasteiger partial charge in [0, 0.05) is 52.9 Å². The first-order valence-corrected chi connectivity index (χ1v) is 11.9. The normalized spacial score (nSPS) is 11.3. The van der Waals surface area contributed by atoms with E-state index in [1.54, 1.807) is 0 Å². The first-order valence-electron chi connectivity index (χ1n) is 11.9. The standard InChI is InChI=1S/C11H24O3.C8H18O3.C4H6O5/c1-11(2)14-10-6-5-9-13-8-4-3-7-12;9-5-1-3-7-11-8-4-2-6-10;5-2(4(8)9)1-3(6)7/h11-12H,3-10H2,1-2H3;9-10H,1-8H2;2,5H,1H2,(H,6,7)(H,8,9). The van der Waals surface area contributed by atoms with E-state index in [1.807, 2.05) is 13.8 Å². The second-order valence-electron chi connectivity index (χ2n) is 7.60. The molecule has 0 aromatic rings. The lowest BCUT2D eigenvalue weighted by molar-refractivity contribution is -0.152. The van der Waals surface area contributed by atoms with E-state index in [0.29, 0.717) is 6.10 Å². The van der Waals surface area contributed by atoms with Crippen LogP contribution in [0.3, 0.4) is 0 Å². The Bertz CT molecular complexity index is 412. The Morgan fingerprint density at radius 3 is 1.26 bits per heavy atom. The molecule has 206 valence electrons. The van der Waals surface area contributed by atoms with Gasteiger partial charge in [-0.2, -0.15) is 0 Å². The number of rotatable bonds is 21. The first-order chi connectivity index (χ1) is 16.2. The van der Waals surface area contributed by atoms with Crippen LogP contribution in [-0.2, 0) is 23.8 Å². The molecule has 0 amide bonds. The maximum Gasteiger partial charge on any atom is 0.333 e. The fraction of sp³-hybridized carbons (Fsp3) is 0.913. The van der Waals surface area contributed by atoms with Crippen molar-refractivity contribution < 1.29 is 54.4 Å². The van der Waals surface area contributed by atoms with Crippen molar-refractivity contribution in [3.8, 4) is 0 Å². The van der Waals surface area contributed by atoms with Crippen LogP contribution in [0.25, 0.3) is 0 Å². The van der Waals surface area contributed by atoms with E-state index in [-0.39, 0.29) is 19.8 Å². The molecule has 0 aliphatic carbocycles. The van der Waals surface area contributed by atoms with Gasteiger partial charge >= 0.3 is 11.9 Å². The van der Waals surface area contributed by atoms with Gasteiger partial charge in [-0.05, 0) is 65.2 Å². The second-order valence-corrected chi connectivity index (χ2v) is 7.60. The van der Waals surface area contributed by atoms with E-state index in [1.165, 1.54) is 0 Å². The predicted molar refractivity (Wildman–Crippen MR) is 127 cm³/mol. The van der Waals surface area contributed by atoms with Crippen LogP contribution in [0.4, 0.5) is 0 Å². The molecular formula is C23H48O11. The molecular weight excluding hydrogens is 452 g/mol. The van der Waals surface area contributed by atoms with Crippen molar-refractivity contribution in [2.24, 2.45) is 0 Å². The Balaban J connectivity index is -0.000000435. The average molecular weight is 501 g/mol. The number of unbranched alkanes of at least 4 members (excludes halogenated alkanes) is 4. The third kappa shape index (κ3) is 41.0. The smallest absolute Gasteiger partial charge is 0.333 e. The van der Waals surface area contributed by atoms with Gasteiger partial charge in [-0.3, -0.25) is 4.79 Å². The quantitative estimate of drug-likeness (QED) is 0.125. The molecule has 0 spiro atoms. The molecule has 0 saturated heterocycles. The molecule has 0 rings (SSSR count). The van der Waals surface area contributed by atoms with E-state index < -0.39 is 24.5 Å². The van der Waals surface area contributed by atoms with Crippen molar-refractivity contribution >= 4 is 11.9 Å². The van der Waals surface area contributed by atoms with E-state index in [2.05, 4.69) is 0 Å². The number of hydrogen-bond acceptors (Lipinski definition) is 9. The minimum atomic E-state index is -1.79. The lowest BCUT2D eigenvalue weighted by Gasteiger charge is -2.07. The summed E-state index contributed by atoms with van der Waals surface area (Å²) >= 11 is 0. The number of ether oxygens (including phenoxy) is 3. The van der Waals surface area contributed by atoms with Crippen LogP contribution in [0.2, 0.25) is 0 Å². The van der Waals surface area contributed by atoms with Crippen molar-refractivity contribution in [2.75, 3.05) is 52.9 Å². The van der Waals surface area contributed by atoms with Crippen molar-refractivity contribution in [3.63, 3.8) is 0 Å². The van der Waals surface area contributed by atoms with E-state index in [9.17, 15) is 9.59 Å². The van der Waals surface area contributed by atoms with E-state index in [0.717, 1.165) is 84.4 Å². The molecule has 0 bridgehead atoms. The number of aliphatic hydroxyl groups excluding tert-OH is 4. The highest BCUT2D eigenvalue weighted by atomic mass is 16.5. The summed E-state index contributed by atoms with van der Waals surface area (Å²) in [5.74, 6) is -2.85. The van der Waals surface area contributed by atoms with Gasteiger partial charge < -0.3 is 44.8 Å². The molecule has 0 radical (unpaired) electrons. The summed E-state index contributed by atoms with van der Waals surface area (Å²) in [4.78, 5) is 19.4. The van der Waals surface area contributed by atoms with Gasteiger partial charge in [0.15, 0.2) is 6.10 Å². The Kier molecular flexibility index (Phi) is 34.7. The number of hydrogen-bond donors (Lipinski definition) is 6. The number of carboxylic acid groups (broad SMARTS) is 2. The summed E-state index contributed by atoms with van der Waals surface area (Å²) in [6.07, 6.45) is 5.21. The maximum absolute atomic E-state index is 9.72. The Morgan fingerprint density at radius 1 is 0.647 bits per heavy atom. The SMILES string of the molecule is CC(C)OCCCCOCCCCO.O=C(O)CC(O)C(=O)O.OCCCCOCCCCO. The third-order valence-corrected chi connectivity index (χ3v) is 3.88. The van der Waals surface area contributed by atoms with Crippen LogP contribution < -0.4 is 0 Å². The topological polar surface area (TPSA) is 183 Å². The molecule has 6 N–H and O–H groups in total. The summed E-state index contributed by atoms with van der Waals surface area (Å²) in [6, 6.07) is 0. The molecule has 0 aliphatic heterocycles. The lowest BCUT2D eigenvalue weighted by atomic mass is 10.3. The van der Waals surface area contributed by atoms with Gasteiger partial charge in [0.05, 0.1) is 12.5 Å². The van der Waals surface area contributed by atoms with Crippen LogP contribution in [-0.4, -0.2) is 108 Å². The van der Waals surface area contributed by atoms with Crippen molar-refractivity contribution in [2.45, 2.75) is 83.8 Å². The Labute approximate surface area is 203 Å². The van der Waals surface area contributed by atoms with Gasteiger partial charge in [0.25, 0.3) is 0 Å². The number of aliphatic carboxylic acids is 2. The fourth-order valence-corrected chi connectivity index (χ4v) is 2.03. The minimum absolute atomic E-state index is 0.250. The largest absolute Gasteiger partial charge is 0.481 e. The van der Waals surface area contributed by atoms with E-state index >= 15 is 0 Å². The summed E-state index contributed by atoms with van der Waals surface area (Å²) in [7, 11) is 0. The monoisotopic (exact) mass is 500 g/mol. The molecule has 0 fully saturated rings. The number of aliphatic hydroxyl groups is 4. The summed E-state index contributed by atoms with van der Waals surface area (Å²) in [5.41, 5.74) is 0. The van der Waals surface area contributed by atoms with E-state index in [4.69, 9.17) is 44.8 Å². The Hall–Kier alpha value is -1.34. The third-order valence-electron chi connectivity index (χ3n) is 3.88. The molecule has 11 heteroatoms. The highest BCUT2D eigenvalue weighted by molar-refractivity contribution is 5.79. The summed E-state index contributed by atoms with van der Waals surface area (Å²) in [5, 5.41) is 49.5. The zero-order valence-corrected chi connectivity index (χ0v) is 20.9. The van der Waals surface area contributed by atoms with Crippen LogP contribution in [0, 0.1) is 0 Å². The summed E-state index contributed by atoms with van der Waals surface area (Å²) in [6.45, 7) is 8.73. The van der Waals surface area contributed by atoms with Crippen molar-refractivity contribution in [1.29, 1.82) is 0 Å². The first kappa shape index (κ1) is 37.2. The van der Waals surface area contributed by atoms with Crippen molar-refractivity contribution in [1.82, 2.24) is 0 Å². The van der Waals surface area contributed by atoms with Crippen molar-refractivity contribution in [3.05, 3.63) is 0 Å². The predicted octanol–water partition coefficient (Wildman–Crippen LogP) is 1.44. The zero-order valence-electron chi connectivity index (χ0n) is 20.9. The van der Waals surface area contributed by atoms with Gasteiger partial charge in [0.2, 0.25) is 0 Å². The van der Waals surface area contributed by atoms with Crippen LogP contribution in [0.5, 0.6) is 0 Å². The van der Waals surface area contributed by atoms with Crippen LogP contribution >= 0.6 is 0 Å². The molecule has 0 aliphatic rings. The number of carboxylic acids is 2. The Morgan fingerprint density at radius 2 is 1.00 bits per heavy atom. The maximum atomic E-state index is 9.72. The molecule has 11 nitrogen and oxygen atoms in total. The highest BCUT2D eigenvalue weighted by Gasteiger charge is 2.16. The second kappa shape index (κ2) is 31.7. The van der Waals surface area contributed by atoms with Crippen LogP contribution in [0.1, 0.15) is 71.6 Å². The van der Waals surface area contributed by atoms with Crippen LogP contribution in [0.15, 0.2) is 0 Å². The van der Waals surface area contributed by atoms with Gasteiger partial charge in [-0.15, -0.1) is 0 Å². The molecule has 0 saturated carbocycles. The molecule has 1 unspecified atom stereocenters. The highest BCUT2D eigenvalue weighted by Crippen LogP contribution is 1.96. The van der Waals surface area contributed by atoms with Gasteiger partial charge in [0.1, 0.15) is 0 Å². The fourth-order valence-electron chi connectivity index (χ4n) is 2.03. The molecule has 0 aromatic heterocycles. The summed E-state index contributed by atoms with van der Waals surface area (Å²) < 4.78 is 16.0. The number of carbonyl (C=O) groups is 2. The molecule has 34 heavy (non-hydrogen) atoms. The lowest BCUT2D eigenvalue weighted by Crippen LogP contribution is -2.22. The molecule has 0 aromatic carbocycles. The minimum Gasteiger partial charge on any atom is -0.481 e. The van der Waals surface area contributed by atoms with Gasteiger partial charge in [-0.25, -0.2) is 4.79 Å². The molecule has 1 atom stereocenters. The van der Waals surface area contributed by atoms with Gasteiger partial charge in [-0.1, -0.05) is 0 Å². The molecule has 0 heterocycles.